The number of hydrogen-bond acceptors (Lipinski definition) is 6. The Bertz CT molecular complexity index is 1530. The van der Waals surface area contributed by atoms with Crippen LogP contribution in [0.25, 0.3) is 22.3 Å². The third-order valence-corrected chi connectivity index (χ3v) is 7.02. The van der Waals surface area contributed by atoms with Gasteiger partial charge in [0.1, 0.15) is 12.2 Å². The van der Waals surface area contributed by atoms with E-state index in [0.717, 1.165) is 32.4 Å². The van der Waals surface area contributed by atoms with Crippen molar-refractivity contribution in [2.75, 3.05) is 6.61 Å². The molecule has 4 atom stereocenters. The maximum atomic E-state index is 12.5. The standard InChI is InChI=1S/C28H24N2O6/c31-22-16-35-26(30-12-11-23(32)29-27(30)34)25(33)28(22)24-20(15-36-28)13-19(17-7-3-1-4-8-17)14-21(24)18-9-5-2-6-10-18/h1-14,22,25-26,31,33H,15-16H2,(H,29,32,34)/t22-,25+,26-,28+/m1/s1. The molecule has 8 nitrogen and oxygen atoms in total. The molecule has 0 saturated carbocycles. The van der Waals surface area contributed by atoms with E-state index in [0.29, 0.717) is 5.56 Å². The number of aliphatic hydroxyl groups is 2. The van der Waals surface area contributed by atoms with Crippen LogP contribution < -0.4 is 11.2 Å². The van der Waals surface area contributed by atoms with Gasteiger partial charge in [0.2, 0.25) is 0 Å². The van der Waals surface area contributed by atoms with Crippen LogP contribution in [0.3, 0.4) is 0 Å². The van der Waals surface area contributed by atoms with Gasteiger partial charge in [-0.25, -0.2) is 4.79 Å². The first-order chi connectivity index (χ1) is 17.5. The lowest BCUT2D eigenvalue weighted by molar-refractivity contribution is -0.279. The van der Waals surface area contributed by atoms with Crippen LogP contribution in [0.4, 0.5) is 0 Å². The van der Waals surface area contributed by atoms with E-state index in [2.05, 4.69) is 4.98 Å². The molecule has 1 spiro atoms. The number of nitrogens with zero attached hydrogens (tertiary/aromatic N) is 1. The predicted molar refractivity (Wildman–Crippen MR) is 132 cm³/mol. The minimum Gasteiger partial charge on any atom is -0.387 e. The molecule has 0 bridgehead atoms. The third-order valence-electron chi connectivity index (χ3n) is 7.02. The predicted octanol–water partition coefficient (Wildman–Crippen LogP) is 2.55. The number of benzene rings is 3. The van der Waals surface area contributed by atoms with E-state index in [9.17, 15) is 19.8 Å². The number of aromatic amines is 1. The van der Waals surface area contributed by atoms with E-state index < -0.39 is 35.3 Å². The molecular formula is C28H24N2O6. The second kappa shape index (κ2) is 8.69. The fraction of sp³-hybridized carbons (Fsp3) is 0.214. The average molecular weight is 485 g/mol. The van der Waals surface area contributed by atoms with E-state index in [4.69, 9.17) is 9.47 Å². The zero-order valence-corrected chi connectivity index (χ0v) is 19.2. The van der Waals surface area contributed by atoms with Gasteiger partial charge in [-0.15, -0.1) is 0 Å². The van der Waals surface area contributed by atoms with Gasteiger partial charge in [0.15, 0.2) is 11.8 Å². The van der Waals surface area contributed by atoms with Crippen molar-refractivity contribution in [1.82, 2.24) is 9.55 Å². The van der Waals surface area contributed by atoms with E-state index >= 15 is 0 Å². The molecule has 4 aromatic rings. The molecule has 0 amide bonds. The Hall–Kier alpha value is -3.82. The van der Waals surface area contributed by atoms with Gasteiger partial charge in [0, 0.05) is 17.8 Å². The average Bonchev–Trinajstić information content (AvgIpc) is 3.29. The number of nitrogens with one attached hydrogen (secondary N) is 1. The van der Waals surface area contributed by atoms with Crippen LogP contribution in [-0.2, 0) is 21.7 Å². The van der Waals surface area contributed by atoms with Gasteiger partial charge < -0.3 is 19.7 Å². The Morgan fingerprint density at radius 3 is 2.28 bits per heavy atom. The number of aromatic nitrogens is 2. The number of hydrogen-bond donors (Lipinski definition) is 3. The van der Waals surface area contributed by atoms with Crippen LogP contribution in [0, 0.1) is 0 Å². The zero-order chi connectivity index (χ0) is 24.9. The molecule has 0 aliphatic carbocycles. The van der Waals surface area contributed by atoms with Crippen molar-refractivity contribution >= 4 is 0 Å². The fourth-order valence-electron chi connectivity index (χ4n) is 5.36. The van der Waals surface area contributed by atoms with Gasteiger partial charge in [-0.05, 0) is 39.9 Å². The largest absolute Gasteiger partial charge is 0.387 e. The summed E-state index contributed by atoms with van der Waals surface area (Å²) in [5.41, 5.74) is 2.41. The molecule has 3 N–H and O–H groups in total. The van der Waals surface area contributed by atoms with Crippen LogP contribution >= 0.6 is 0 Å². The summed E-state index contributed by atoms with van der Waals surface area (Å²) in [5.74, 6) is 0. The molecule has 1 aromatic heterocycles. The number of ether oxygens (including phenoxy) is 2. The summed E-state index contributed by atoms with van der Waals surface area (Å²) in [5, 5.41) is 22.9. The van der Waals surface area contributed by atoms with Crippen molar-refractivity contribution in [1.29, 1.82) is 0 Å². The van der Waals surface area contributed by atoms with Crippen LogP contribution in [-0.4, -0.2) is 38.6 Å². The van der Waals surface area contributed by atoms with Crippen LogP contribution in [0.5, 0.6) is 0 Å². The molecule has 36 heavy (non-hydrogen) atoms. The molecule has 3 heterocycles. The molecule has 8 heteroatoms. The number of rotatable bonds is 3. The summed E-state index contributed by atoms with van der Waals surface area (Å²) in [6, 6.07) is 24.9. The van der Waals surface area contributed by atoms with Crippen molar-refractivity contribution in [3.8, 4) is 22.3 Å². The highest BCUT2D eigenvalue weighted by molar-refractivity contribution is 5.79. The highest BCUT2D eigenvalue weighted by Gasteiger charge is 2.59. The summed E-state index contributed by atoms with van der Waals surface area (Å²) in [6.45, 7) is -0.0153. The monoisotopic (exact) mass is 484 g/mol. The fourth-order valence-corrected chi connectivity index (χ4v) is 5.36. The minimum atomic E-state index is -1.55. The summed E-state index contributed by atoms with van der Waals surface area (Å²) in [7, 11) is 0. The Labute approximate surface area is 206 Å². The molecule has 2 aliphatic heterocycles. The number of H-pyrrole nitrogens is 1. The summed E-state index contributed by atoms with van der Waals surface area (Å²) >= 11 is 0. The Morgan fingerprint density at radius 2 is 1.58 bits per heavy atom. The first-order valence-corrected chi connectivity index (χ1v) is 11.7. The first-order valence-electron chi connectivity index (χ1n) is 11.7. The molecule has 1 saturated heterocycles. The van der Waals surface area contributed by atoms with Crippen molar-refractivity contribution in [3.63, 3.8) is 0 Å². The van der Waals surface area contributed by atoms with E-state index in [-0.39, 0.29) is 13.2 Å². The third kappa shape index (κ3) is 3.46. The molecule has 3 aromatic carbocycles. The Kier molecular flexibility index (Phi) is 5.46. The lowest BCUT2D eigenvalue weighted by Gasteiger charge is -2.46. The van der Waals surface area contributed by atoms with Crippen LogP contribution in [0.2, 0.25) is 0 Å². The maximum absolute atomic E-state index is 12.5. The lowest BCUT2D eigenvalue weighted by Crippen LogP contribution is -2.60. The van der Waals surface area contributed by atoms with E-state index in [1.807, 2.05) is 72.8 Å². The van der Waals surface area contributed by atoms with Gasteiger partial charge in [0.25, 0.3) is 5.56 Å². The molecule has 2 aliphatic rings. The quantitative estimate of drug-likeness (QED) is 0.412. The summed E-state index contributed by atoms with van der Waals surface area (Å²) in [6.07, 6.45) is -2.56. The van der Waals surface area contributed by atoms with Crippen molar-refractivity contribution in [3.05, 3.63) is 117 Å². The van der Waals surface area contributed by atoms with Gasteiger partial charge >= 0.3 is 5.69 Å². The molecule has 6 rings (SSSR count). The Balaban J connectivity index is 1.56. The van der Waals surface area contributed by atoms with Crippen LogP contribution in [0.15, 0.2) is 94.6 Å². The normalized spacial score (nSPS) is 25.1. The van der Waals surface area contributed by atoms with Crippen LogP contribution in [0.1, 0.15) is 17.4 Å². The van der Waals surface area contributed by atoms with Crippen molar-refractivity contribution in [2.24, 2.45) is 0 Å². The van der Waals surface area contributed by atoms with Gasteiger partial charge in [-0.3, -0.25) is 14.3 Å². The molecular weight excluding hydrogens is 460 g/mol. The van der Waals surface area contributed by atoms with Gasteiger partial charge in [0.05, 0.1) is 13.2 Å². The van der Waals surface area contributed by atoms with Crippen molar-refractivity contribution in [2.45, 2.75) is 30.6 Å². The second-order valence-corrected chi connectivity index (χ2v) is 9.07. The topological polar surface area (TPSA) is 114 Å². The smallest absolute Gasteiger partial charge is 0.330 e. The van der Waals surface area contributed by atoms with Gasteiger partial charge in [-0.1, -0.05) is 60.7 Å². The number of aliphatic hydroxyl groups excluding tert-OH is 2. The van der Waals surface area contributed by atoms with Crippen molar-refractivity contribution < 1.29 is 19.7 Å². The van der Waals surface area contributed by atoms with E-state index in [1.54, 1.807) is 0 Å². The summed E-state index contributed by atoms with van der Waals surface area (Å²) in [4.78, 5) is 26.3. The van der Waals surface area contributed by atoms with E-state index in [1.165, 1.54) is 12.3 Å². The number of fused-ring (bicyclic) bond motifs is 2. The molecule has 0 unspecified atom stereocenters. The highest BCUT2D eigenvalue weighted by atomic mass is 16.6. The highest BCUT2D eigenvalue weighted by Crippen LogP contribution is 2.52. The second-order valence-electron chi connectivity index (χ2n) is 9.07. The zero-order valence-electron chi connectivity index (χ0n) is 19.2. The maximum Gasteiger partial charge on any atom is 0.330 e. The summed E-state index contributed by atoms with van der Waals surface area (Å²) < 4.78 is 13.1. The minimum absolute atomic E-state index is 0.164. The SMILES string of the molecule is O=c1ccn([C@@H]2OC[C@@H](O)[C@@]3(OCc4cc(-c5ccccc5)cc(-c5ccccc5)c43)[C@H]2O)c(=O)[nH]1. The molecule has 0 radical (unpaired) electrons. The molecule has 182 valence electrons. The Morgan fingerprint density at radius 1 is 0.889 bits per heavy atom. The first kappa shape index (κ1) is 22.6. The molecule has 1 fully saturated rings. The lowest BCUT2D eigenvalue weighted by atomic mass is 9.76. The van der Waals surface area contributed by atoms with Gasteiger partial charge in [-0.2, -0.15) is 0 Å².